The van der Waals surface area contributed by atoms with Crippen molar-refractivity contribution in [2.75, 3.05) is 12.0 Å². The molecule has 33 heavy (non-hydrogen) atoms. The first-order valence-electron chi connectivity index (χ1n) is 10.8. The lowest BCUT2D eigenvalue weighted by Crippen LogP contribution is -2.01. The fourth-order valence-corrected chi connectivity index (χ4v) is 4.46. The van der Waals surface area contributed by atoms with Crippen molar-refractivity contribution in [2.24, 2.45) is 5.10 Å². The van der Waals surface area contributed by atoms with E-state index >= 15 is 0 Å². The van der Waals surface area contributed by atoms with Gasteiger partial charge in [0, 0.05) is 0 Å². The minimum atomic E-state index is 0.466. The highest BCUT2D eigenvalue weighted by molar-refractivity contribution is 7.22. The summed E-state index contributed by atoms with van der Waals surface area (Å²) in [6, 6.07) is 28.4. The summed E-state index contributed by atoms with van der Waals surface area (Å²) in [4.78, 5) is 4.53. The third-order valence-corrected chi connectivity index (χ3v) is 6.14. The number of benzene rings is 4. The Balaban J connectivity index is 1.30. The van der Waals surface area contributed by atoms with Crippen molar-refractivity contribution in [1.82, 2.24) is 4.98 Å². The zero-order valence-electron chi connectivity index (χ0n) is 18.2. The fraction of sp³-hybridized carbons (Fsp3) is 0.111. The number of hydrogen-bond acceptors (Lipinski definition) is 6. The highest BCUT2D eigenvalue weighted by atomic mass is 32.1. The summed E-state index contributed by atoms with van der Waals surface area (Å²) in [6.07, 6.45) is 1.75. The molecular weight excluding hydrogens is 430 g/mol. The Bertz CT molecular complexity index is 1390. The number of ether oxygens (including phenoxy) is 2. The molecule has 0 aliphatic heterocycles. The maximum atomic E-state index is 6.15. The number of hydrazone groups is 1. The van der Waals surface area contributed by atoms with Crippen molar-refractivity contribution >= 4 is 43.7 Å². The number of rotatable bonds is 8. The molecule has 5 aromatic rings. The van der Waals surface area contributed by atoms with Gasteiger partial charge in [0.25, 0.3) is 0 Å². The first-order chi connectivity index (χ1) is 16.3. The van der Waals surface area contributed by atoms with Gasteiger partial charge in [-0.2, -0.15) is 5.10 Å². The molecule has 0 radical (unpaired) electrons. The van der Waals surface area contributed by atoms with E-state index in [9.17, 15) is 0 Å². The zero-order valence-corrected chi connectivity index (χ0v) is 19.0. The van der Waals surface area contributed by atoms with Crippen molar-refractivity contribution < 1.29 is 9.47 Å². The smallest absolute Gasteiger partial charge is 0.204 e. The van der Waals surface area contributed by atoms with E-state index < -0.39 is 0 Å². The molecule has 0 aliphatic carbocycles. The van der Waals surface area contributed by atoms with Gasteiger partial charge in [-0.25, -0.2) is 4.98 Å². The lowest BCUT2D eigenvalue weighted by molar-refractivity contribution is 0.270. The molecule has 0 aliphatic rings. The van der Waals surface area contributed by atoms with Crippen LogP contribution in [0.5, 0.6) is 11.5 Å². The predicted molar refractivity (Wildman–Crippen MR) is 137 cm³/mol. The van der Waals surface area contributed by atoms with Crippen molar-refractivity contribution in [2.45, 2.75) is 13.5 Å². The number of aromatic nitrogens is 1. The van der Waals surface area contributed by atoms with Crippen LogP contribution in [0.4, 0.5) is 5.13 Å². The van der Waals surface area contributed by atoms with Gasteiger partial charge in [0.15, 0.2) is 11.5 Å². The topological polar surface area (TPSA) is 55.7 Å². The highest BCUT2D eigenvalue weighted by Crippen LogP contribution is 2.30. The average molecular weight is 454 g/mol. The van der Waals surface area contributed by atoms with Gasteiger partial charge in [0.2, 0.25) is 5.13 Å². The van der Waals surface area contributed by atoms with Gasteiger partial charge >= 0.3 is 0 Å². The molecule has 0 saturated heterocycles. The van der Waals surface area contributed by atoms with Crippen LogP contribution in [0, 0.1) is 0 Å². The van der Waals surface area contributed by atoms with E-state index in [0.717, 1.165) is 26.5 Å². The van der Waals surface area contributed by atoms with Gasteiger partial charge in [0.1, 0.15) is 6.61 Å². The van der Waals surface area contributed by atoms with Crippen molar-refractivity contribution in [3.8, 4) is 11.5 Å². The lowest BCUT2D eigenvalue weighted by atomic mass is 10.1. The van der Waals surface area contributed by atoms with Crippen LogP contribution in [0.15, 0.2) is 90.0 Å². The van der Waals surface area contributed by atoms with E-state index in [1.54, 1.807) is 17.6 Å². The molecule has 5 nitrogen and oxygen atoms in total. The molecule has 0 fully saturated rings. The molecule has 4 aromatic carbocycles. The van der Waals surface area contributed by atoms with Crippen LogP contribution < -0.4 is 14.9 Å². The summed E-state index contributed by atoms with van der Waals surface area (Å²) < 4.78 is 13.1. The van der Waals surface area contributed by atoms with Crippen LogP contribution in [-0.4, -0.2) is 17.8 Å². The second-order valence-corrected chi connectivity index (χ2v) is 8.45. The number of para-hydroxylation sites is 1. The van der Waals surface area contributed by atoms with E-state index in [1.165, 1.54) is 10.8 Å². The summed E-state index contributed by atoms with van der Waals surface area (Å²) in [5.41, 5.74) is 6.03. The molecule has 1 heterocycles. The summed E-state index contributed by atoms with van der Waals surface area (Å²) in [7, 11) is 0. The van der Waals surface area contributed by atoms with E-state index in [4.69, 9.17) is 9.47 Å². The summed E-state index contributed by atoms with van der Waals surface area (Å²) in [6.45, 7) is 2.98. The molecule has 0 unspecified atom stereocenters. The van der Waals surface area contributed by atoms with Crippen LogP contribution in [0.3, 0.4) is 0 Å². The number of fused-ring (bicyclic) bond motifs is 2. The minimum absolute atomic E-state index is 0.466. The molecule has 0 amide bonds. The molecule has 0 bridgehead atoms. The van der Waals surface area contributed by atoms with Gasteiger partial charge in [-0.1, -0.05) is 65.9 Å². The van der Waals surface area contributed by atoms with E-state index in [1.807, 2.05) is 61.5 Å². The largest absolute Gasteiger partial charge is 0.490 e. The number of nitrogens with zero attached hydrogens (tertiary/aromatic N) is 2. The van der Waals surface area contributed by atoms with Crippen molar-refractivity contribution in [3.05, 3.63) is 96.1 Å². The maximum absolute atomic E-state index is 6.15. The summed E-state index contributed by atoms with van der Waals surface area (Å²) >= 11 is 1.57. The first kappa shape index (κ1) is 21.0. The lowest BCUT2D eigenvalue weighted by Gasteiger charge is -2.13. The molecule has 0 spiro atoms. The second-order valence-electron chi connectivity index (χ2n) is 7.42. The van der Waals surface area contributed by atoms with Gasteiger partial charge in [-0.15, -0.1) is 0 Å². The van der Waals surface area contributed by atoms with Crippen molar-refractivity contribution in [1.29, 1.82) is 0 Å². The maximum Gasteiger partial charge on any atom is 0.204 e. The van der Waals surface area contributed by atoms with E-state index in [-0.39, 0.29) is 0 Å². The van der Waals surface area contributed by atoms with Gasteiger partial charge in [-0.05, 0) is 59.2 Å². The molecule has 0 atom stereocenters. The Morgan fingerprint density at radius 3 is 2.67 bits per heavy atom. The molecule has 1 N–H and O–H groups in total. The Labute approximate surface area is 196 Å². The second kappa shape index (κ2) is 9.71. The van der Waals surface area contributed by atoms with Crippen molar-refractivity contribution in [3.63, 3.8) is 0 Å². The third kappa shape index (κ3) is 4.81. The van der Waals surface area contributed by atoms with Crippen LogP contribution in [0.1, 0.15) is 18.1 Å². The Morgan fingerprint density at radius 2 is 1.76 bits per heavy atom. The van der Waals surface area contributed by atoms with Gasteiger partial charge < -0.3 is 9.47 Å². The summed E-state index contributed by atoms with van der Waals surface area (Å²) in [5, 5.41) is 7.50. The molecule has 0 saturated carbocycles. The number of thiazole rings is 1. The monoisotopic (exact) mass is 453 g/mol. The Kier molecular flexibility index (Phi) is 6.17. The highest BCUT2D eigenvalue weighted by Gasteiger charge is 2.08. The standard InChI is InChI=1S/C27H23N3O2S/c1-2-31-25-16-19(17-28-30-27-29-23-12-5-6-13-26(23)33-27)14-15-24(25)32-18-21-10-7-9-20-8-3-4-11-22(20)21/h3-17H,2,18H2,1H3,(H,29,30)/b28-17-. The average Bonchev–Trinajstić information content (AvgIpc) is 3.26. The number of nitrogens with one attached hydrogen (secondary N) is 1. The van der Waals surface area contributed by atoms with Gasteiger partial charge in [-0.3, -0.25) is 5.43 Å². The third-order valence-electron chi connectivity index (χ3n) is 5.20. The summed E-state index contributed by atoms with van der Waals surface area (Å²) in [5.74, 6) is 1.41. The van der Waals surface area contributed by atoms with E-state index in [2.05, 4.69) is 45.8 Å². The normalized spacial score (nSPS) is 11.3. The SMILES string of the molecule is CCOc1cc(/C=N\Nc2nc3ccccc3s2)ccc1OCc1cccc2ccccc12. The van der Waals surface area contributed by atoms with Gasteiger partial charge in [0.05, 0.1) is 23.0 Å². The fourth-order valence-electron chi connectivity index (χ4n) is 3.65. The predicted octanol–water partition coefficient (Wildman–Crippen LogP) is 6.87. The minimum Gasteiger partial charge on any atom is -0.490 e. The van der Waals surface area contributed by atoms with Crippen LogP contribution in [0.2, 0.25) is 0 Å². The zero-order chi connectivity index (χ0) is 22.5. The van der Waals surface area contributed by atoms with E-state index in [0.29, 0.717) is 24.7 Å². The first-order valence-corrected chi connectivity index (χ1v) is 11.6. The molecule has 164 valence electrons. The quantitative estimate of drug-likeness (QED) is 0.206. The molecule has 1 aromatic heterocycles. The van der Waals surface area contributed by atoms with Crippen LogP contribution in [-0.2, 0) is 6.61 Å². The van der Waals surface area contributed by atoms with Crippen LogP contribution in [0.25, 0.3) is 21.0 Å². The Hall–Kier alpha value is -3.90. The Morgan fingerprint density at radius 1 is 0.909 bits per heavy atom. The van der Waals surface area contributed by atoms with Crippen LogP contribution >= 0.6 is 11.3 Å². The molecular formula is C27H23N3O2S. The number of hydrogen-bond donors (Lipinski definition) is 1. The molecule has 5 rings (SSSR count). The molecule has 6 heteroatoms. The number of anilines is 1.